The minimum Gasteiger partial charge on any atom is -0.0587 e. The van der Waals surface area contributed by atoms with E-state index in [1.807, 2.05) is 0 Å². The van der Waals surface area contributed by atoms with Gasteiger partial charge in [0.2, 0.25) is 0 Å². The van der Waals surface area contributed by atoms with Crippen molar-refractivity contribution in [3.63, 3.8) is 0 Å². The van der Waals surface area contributed by atoms with Gasteiger partial charge in [-0.3, -0.25) is 0 Å². The van der Waals surface area contributed by atoms with Gasteiger partial charge in [-0.25, -0.2) is 0 Å². The van der Waals surface area contributed by atoms with Crippen LogP contribution in [-0.2, 0) is 0 Å². The molecular formula is C16H13Br. The molecule has 0 atom stereocenters. The second kappa shape index (κ2) is 3.85. The van der Waals surface area contributed by atoms with E-state index < -0.39 is 0 Å². The standard InChI is InChI=1S/C16H13Br/c1-10-3-5-12-9-13-6-4-11(2)8-15(13)16(17)14(12)7-10/h3-9H,1-2H3. The van der Waals surface area contributed by atoms with E-state index in [-0.39, 0.29) is 0 Å². The Hall–Kier alpha value is -1.34. The zero-order valence-corrected chi connectivity index (χ0v) is 11.5. The normalized spacial score (nSPS) is 11.2. The van der Waals surface area contributed by atoms with Crippen molar-refractivity contribution in [3.05, 3.63) is 58.1 Å². The fourth-order valence-electron chi connectivity index (χ4n) is 2.28. The summed E-state index contributed by atoms with van der Waals surface area (Å²) in [5.74, 6) is 0. The monoisotopic (exact) mass is 284 g/mol. The zero-order chi connectivity index (χ0) is 12.0. The summed E-state index contributed by atoms with van der Waals surface area (Å²) in [6, 6.07) is 15.4. The Labute approximate surface area is 109 Å². The van der Waals surface area contributed by atoms with Crippen molar-refractivity contribution in [2.75, 3.05) is 0 Å². The van der Waals surface area contributed by atoms with Crippen LogP contribution in [0, 0.1) is 13.8 Å². The van der Waals surface area contributed by atoms with Crippen molar-refractivity contribution >= 4 is 37.5 Å². The van der Waals surface area contributed by atoms with Crippen LogP contribution in [0.25, 0.3) is 21.5 Å². The maximum Gasteiger partial charge on any atom is 0.0332 e. The Morgan fingerprint density at radius 1 is 0.706 bits per heavy atom. The van der Waals surface area contributed by atoms with Crippen LogP contribution in [0.15, 0.2) is 46.9 Å². The summed E-state index contributed by atoms with van der Waals surface area (Å²) in [5.41, 5.74) is 2.59. The van der Waals surface area contributed by atoms with E-state index >= 15 is 0 Å². The lowest BCUT2D eigenvalue weighted by atomic mass is 10.0. The molecule has 0 aliphatic carbocycles. The third-order valence-corrected chi connectivity index (χ3v) is 4.06. The van der Waals surface area contributed by atoms with Crippen LogP contribution in [0.5, 0.6) is 0 Å². The number of fused-ring (bicyclic) bond motifs is 2. The minimum atomic E-state index is 1.21. The van der Waals surface area contributed by atoms with Crippen molar-refractivity contribution < 1.29 is 0 Å². The van der Waals surface area contributed by atoms with Gasteiger partial charge in [0.05, 0.1) is 0 Å². The van der Waals surface area contributed by atoms with E-state index in [9.17, 15) is 0 Å². The molecule has 3 aromatic rings. The highest BCUT2D eigenvalue weighted by Gasteiger charge is 2.05. The summed E-state index contributed by atoms with van der Waals surface area (Å²) < 4.78 is 1.21. The SMILES string of the molecule is Cc1ccc2cc3ccc(C)cc3c(Br)c2c1. The fraction of sp³-hybridized carbons (Fsp3) is 0.125. The molecule has 0 nitrogen and oxygen atoms in total. The molecule has 1 heteroatoms. The molecule has 0 aromatic heterocycles. The quantitative estimate of drug-likeness (QED) is 0.487. The van der Waals surface area contributed by atoms with Gasteiger partial charge in [0, 0.05) is 4.47 Å². The maximum absolute atomic E-state index is 3.75. The van der Waals surface area contributed by atoms with Crippen molar-refractivity contribution in [1.82, 2.24) is 0 Å². The van der Waals surface area contributed by atoms with E-state index in [1.54, 1.807) is 0 Å². The Kier molecular flexibility index (Phi) is 2.44. The van der Waals surface area contributed by atoms with Gasteiger partial charge in [0.1, 0.15) is 0 Å². The zero-order valence-electron chi connectivity index (χ0n) is 9.92. The lowest BCUT2D eigenvalue weighted by Gasteiger charge is -2.08. The molecular weight excluding hydrogens is 272 g/mol. The van der Waals surface area contributed by atoms with Crippen LogP contribution in [0.2, 0.25) is 0 Å². The van der Waals surface area contributed by atoms with E-state index in [0.29, 0.717) is 0 Å². The van der Waals surface area contributed by atoms with Crippen LogP contribution >= 0.6 is 15.9 Å². The molecule has 3 aromatic carbocycles. The van der Waals surface area contributed by atoms with Crippen LogP contribution in [0.4, 0.5) is 0 Å². The van der Waals surface area contributed by atoms with Gasteiger partial charge in [-0.15, -0.1) is 0 Å². The molecule has 0 aliphatic rings. The first-order valence-corrected chi connectivity index (χ1v) is 6.54. The van der Waals surface area contributed by atoms with Crippen molar-refractivity contribution in [1.29, 1.82) is 0 Å². The van der Waals surface area contributed by atoms with Gasteiger partial charge in [0.15, 0.2) is 0 Å². The van der Waals surface area contributed by atoms with Gasteiger partial charge < -0.3 is 0 Å². The number of hydrogen-bond donors (Lipinski definition) is 0. The Morgan fingerprint density at radius 3 is 1.65 bits per heavy atom. The van der Waals surface area contributed by atoms with Gasteiger partial charge >= 0.3 is 0 Å². The summed E-state index contributed by atoms with van der Waals surface area (Å²) in [6.07, 6.45) is 0. The molecule has 0 radical (unpaired) electrons. The molecule has 84 valence electrons. The van der Waals surface area contributed by atoms with Crippen molar-refractivity contribution in [3.8, 4) is 0 Å². The molecule has 0 saturated heterocycles. The van der Waals surface area contributed by atoms with Crippen LogP contribution < -0.4 is 0 Å². The molecule has 0 bridgehead atoms. The summed E-state index contributed by atoms with van der Waals surface area (Å²) in [4.78, 5) is 0. The third-order valence-electron chi connectivity index (χ3n) is 3.20. The van der Waals surface area contributed by atoms with Gasteiger partial charge in [-0.05, 0) is 57.4 Å². The topological polar surface area (TPSA) is 0 Å². The predicted octanol–water partition coefficient (Wildman–Crippen LogP) is 5.37. The lowest BCUT2D eigenvalue weighted by molar-refractivity contribution is 1.49. The number of hydrogen-bond acceptors (Lipinski definition) is 0. The molecule has 3 rings (SSSR count). The molecule has 0 heterocycles. The number of benzene rings is 3. The fourth-order valence-corrected chi connectivity index (χ4v) is 2.97. The van der Waals surface area contributed by atoms with Crippen LogP contribution in [-0.4, -0.2) is 0 Å². The van der Waals surface area contributed by atoms with Crippen LogP contribution in [0.1, 0.15) is 11.1 Å². The Bertz CT molecular complexity index is 666. The lowest BCUT2D eigenvalue weighted by Crippen LogP contribution is -1.82. The highest BCUT2D eigenvalue weighted by Crippen LogP contribution is 2.33. The first-order chi connectivity index (χ1) is 8.15. The second-order valence-electron chi connectivity index (χ2n) is 4.64. The minimum absolute atomic E-state index is 1.21. The number of rotatable bonds is 0. The summed E-state index contributed by atoms with van der Waals surface area (Å²) in [7, 11) is 0. The largest absolute Gasteiger partial charge is 0.0587 e. The molecule has 0 N–H and O–H groups in total. The van der Waals surface area contributed by atoms with Gasteiger partial charge in [-0.2, -0.15) is 0 Å². The predicted molar refractivity (Wildman–Crippen MR) is 78.6 cm³/mol. The van der Waals surface area contributed by atoms with E-state index in [2.05, 4.69) is 72.2 Å². The maximum atomic E-state index is 3.75. The third kappa shape index (κ3) is 1.75. The molecule has 0 amide bonds. The second-order valence-corrected chi connectivity index (χ2v) is 5.43. The molecule has 0 unspecified atom stereocenters. The Morgan fingerprint density at radius 2 is 1.18 bits per heavy atom. The van der Waals surface area contributed by atoms with E-state index in [4.69, 9.17) is 0 Å². The summed E-state index contributed by atoms with van der Waals surface area (Å²) in [6.45, 7) is 4.26. The average molecular weight is 285 g/mol. The molecule has 0 aliphatic heterocycles. The van der Waals surface area contributed by atoms with Crippen molar-refractivity contribution in [2.24, 2.45) is 0 Å². The Balaban J connectivity index is 2.53. The number of aryl methyl sites for hydroxylation is 2. The molecule has 0 spiro atoms. The van der Waals surface area contributed by atoms with Crippen molar-refractivity contribution in [2.45, 2.75) is 13.8 Å². The first kappa shape index (κ1) is 10.8. The molecule has 0 saturated carbocycles. The van der Waals surface area contributed by atoms with Gasteiger partial charge in [0.25, 0.3) is 0 Å². The molecule has 0 fully saturated rings. The van der Waals surface area contributed by atoms with E-state index in [0.717, 1.165) is 0 Å². The van der Waals surface area contributed by atoms with E-state index in [1.165, 1.54) is 37.1 Å². The molecule has 17 heavy (non-hydrogen) atoms. The smallest absolute Gasteiger partial charge is 0.0332 e. The first-order valence-electron chi connectivity index (χ1n) is 5.74. The summed E-state index contributed by atoms with van der Waals surface area (Å²) >= 11 is 3.75. The number of halogens is 1. The average Bonchev–Trinajstić information content (AvgIpc) is 2.32. The summed E-state index contributed by atoms with van der Waals surface area (Å²) in [5, 5.41) is 5.17. The van der Waals surface area contributed by atoms with Gasteiger partial charge in [-0.1, -0.05) is 47.5 Å². The highest BCUT2D eigenvalue weighted by atomic mass is 79.9. The van der Waals surface area contributed by atoms with Crippen LogP contribution in [0.3, 0.4) is 0 Å². The highest BCUT2D eigenvalue weighted by molar-refractivity contribution is 9.10.